The van der Waals surface area contributed by atoms with E-state index in [1.165, 1.54) is 4.88 Å². The Morgan fingerprint density at radius 1 is 1.25 bits per heavy atom. The Morgan fingerprint density at radius 2 is 2.00 bits per heavy atom. The minimum atomic E-state index is -0.431. The van der Waals surface area contributed by atoms with Crippen molar-refractivity contribution in [2.45, 2.75) is 12.7 Å². The first-order valence-electron chi connectivity index (χ1n) is 7.11. The summed E-state index contributed by atoms with van der Waals surface area (Å²) in [6.45, 7) is 6.42. The molecule has 5 nitrogen and oxygen atoms in total. The lowest BCUT2D eigenvalue weighted by atomic mass is 10.2. The molecule has 0 saturated carbocycles. The highest BCUT2D eigenvalue weighted by Crippen LogP contribution is 2.10. The predicted molar refractivity (Wildman–Crippen MR) is 79.9 cm³/mol. The van der Waals surface area contributed by atoms with Crippen molar-refractivity contribution >= 4 is 11.3 Å². The van der Waals surface area contributed by atoms with Crippen LogP contribution >= 0.6 is 11.3 Å². The molecular weight excluding hydrogens is 276 g/mol. The average molecular weight is 300 g/mol. The number of ether oxygens (including phenoxy) is 1. The summed E-state index contributed by atoms with van der Waals surface area (Å²) in [7, 11) is 0. The van der Waals surface area contributed by atoms with Crippen LogP contribution in [0.15, 0.2) is 17.5 Å². The highest BCUT2D eigenvalue weighted by atomic mass is 32.1. The van der Waals surface area contributed by atoms with E-state index in [1.54, 1.807) is 11.3 Å². The fourth-order valence-corrected chi connectivity index (χ4v) is 3.02. The van der Waals surface area contributed by atoms with Crippen LogP contribution in [0.2, 0.25) is 0 Å². The zero-order valence-corrected chi connectivity index (χ0v) is 12.6. The number of aliphatic hydroxyl groups is 2. The number of thiophene rings is 1. The number of piperazine rings is 1. The molecule has 1 aliphatic rings. The molecule has 1 aliphatic heterocycles. The van der Waals surface area contributed by atoms with Crippen molar-refractivity contribution in [3.05, 3.63) is 22.4 Å². The third-order valence-electron chi connectivity index (χ3n) is 3.48. The molecule has 0 unspecified atom stereocenters. The highest BCUT2D eigenvalue weighted by Gasteiger charge is 2.18. The first-order chi connectivity index (χ1) is 9.78. The smallest absolute Gasteiger partial charge is 0.0900 e. The lowest BCUT2D eigenvalue weighted by molar-refractivity contribution is 0.00116. The number of aliphatic hydroxyl groups excluding tert-OH is 2. The quantitative estimate of drug-likeness (QED) is 0.720. The number of nitrogens with zero attached hydrogens (tertiary/aromatic N) is 2. The summed E-state index contributed by atoms with van der Waals surface area (Å²) in [5.74, 6) is 0. The molecule has 1 fully saturated rings. The summed E-state index contributed by atoms with van der Waals surface area (Å²) in [5, 5.41) is 20.9. The van der Waals surface area contributed by atoms with E-state index in [0.29, 0.717) is 19.8 Å². The van der Waals surface area contributed by atoms with Crippen LogP contribution in [0.4, 0.5) is 0 Å². The van der Waals surface area contributed by atoms with Crippen LogP contribution in [0, 0.1) is 0 Å². The lowest BCUT2D eigenvalue weighted by Gasteiger charge is -2.35. The molecule has 0 bridgehead atoms. The fraction of sp³-hybridized carbons (Fsp3) is 0.714. The highest BCUT2D eigenvalue weighted by molar-refractivity contribution is 7.09. The molecule has 1 atom stereocenters. The Hall–Kier alpha value is -0.500. The maximum atomic E-state index is 9.98. The topological polar surface area (TPSA) is 56.2 Å². The maximum absolute atomic E-state index is 9.98. The van der Waals surface area contributed by atoms with Crippen LogP contribution in [0.3, 0.4) is 0 Å². The van der Waals surface area contributed by atoms with Gasteiger partial charge in [-0.3, -0.25) is 9.80 Å². The Morgan fingerprint density at radius 3 is 2.65 bits per heavy atom. The molecule has 0 aromatic carbocycles. The Bertz CT molecular complexity index is 353. The molecule has 0 spiro atoms. The predicted octanol–water partition coefficient (Wildman–Crippen LogP) is 0.236. The molecule has 1 saturated heterocycles. The minimum absolute atomic E-state index is 0.221. The van der Waals surface area contributed by atoms with E-state index in [2.05, 4.69) is 9.80 Å². The van der Waals surface area contributed by atoms with Gasteiger partial charge in [0.2, 0.25) is 0 Å². The number of β-amino-alcohol motifs (C(OH)–C–C–N with tert-alkyl or cyclic N) is 2. The molecule has 20 heavy (non-hydrogen) atoms. The van der Waals surface area contributed by atoms with Gasteiger partial charge in [0.05, 0.1) is 25.9 Å². The van der Waals surface area contributed by atoms with Gasteiger partial charge >= 0.3 is 0 Å². The van der Waals surface area contributed by atoms with E-state index < -0.39 is 6.10 Å². The van der Waals surface area contributed by atoms with Crippen molar-refractivity contribution in [2.75, 3.05) is 52.5 Å². The van der Waals surface area contributed by atoms with Gasteiger partial charge in [0.25, 0.3) is 0 Å². The molecule has 2 rings (SSSR count). The Labute approximate surface area is 124 Å². The summed E-state index contributed by atoms with van der Waals surface area (Å²) in [5.41, 5.74) is 0. The average Bonchev–Trinajstić information content (AvgIpc) is 2.94. The molecular formula is C14H24N2O3S. The second-order valence-electron chi connectivity index (χ2n) is 5.11. The van der Waals surface area contributed by atoms with Crippen molar-refractivity contribution in [1.29, 1.82) is 0 Å². The SMILES string of the molecule is OCCN1CCN(C[C@H](O)COCc2cccs2)CC1. The van der Waals surface area contributed by atoms with E-state index in [4.69, 9.17) is 9.84 Å². The zero-order chi connectivity index (χ0) is 14.2. The lowest BCUT2D eigenvalue weighted by Crippen LogP contribution is -2.49. The van der Waals surface area contributed by atoms with Crippen LogP contribution in [-0.4, -0.2) is 78.6 Å². The van der Waals surface area contributed by atoms with Crippen LogP contribution in [0.5, 0.6) is 0 Å². The van der Waals surface area contributed by atoms with Crippen molar-refractivity contribution in [3.8, 4) is 0 Å². The number of hydrogen-bond acceptors (Lipinski definition) is 6. The van der Waals surface area contributed by atoms with Gasteiger partial charge in [0.15, 0.2) is 0 Å². The van der Waals surface area contributed by atoms with Gasteiger partial charge in [-0.1, -0.05) is 6.07 Å². The molecule has 1 aromatic rings. The largest absolute Gasteiger partial charge is 0.395 e. The minimum Gasteiger partial charge on any atom is -0.395 e. The van der Waals surface area contributed by atoms with Crippen molar-refractivity contribution in [2.24, 2.45) is 0 Å². The molecule has 0 radical (unpaired) electrons. The summed E-state index contributed by atoms with van der Waals surface area (Å²) < 4.78 is 5.53. The van der Waals surface area contributed by atoms with E-state index in [9.17, 15) is 5.11 Å². The van der Waals surface area contributed by atoms with Gasteiger partial charge in [-0.05, 0) is 11.4 Å². The second kappa shape index (κ2) is 8.71. The van der Waals surface area contributed by atoms with Crippen LogP contribution in [0.1, 0.15) is 4.88 Å². The van der Waals surface area contributed by atoms with E-state index in [0.717, 1.165) is 32.7 Å². The zero-order valence-electron chi connectivity index (χ0n) is 11.8. The van der Waals surface area contributed by atoms with Gasteiger partial charge in [-0.2, -0.15) is 0 Å². The third-order valence-corrected chi connectivity index (χ3v) is 4.33. The summed E-state index contributed by atoms with van der Waals surface area (Å²) in [4.78, 5) is 5.69. The second-order valence-corrected chi connectivity index (χ2v) is 6.15. The molecule has 6 heteroatoms. The molecule has 2 heterocycles. The first kappa shape index (κ1) is 15.9. The van der Waals surface area contributed by atoms with Crippen molar-refractivity contribution in [3.63, 3.8) is 0 Å². The van der Waals surface area contributed by atoms with Crippen LogP contribution < -0.4 is 0 Å². The number of rotatable bonds is 8. The molecule has 2 N–H and O–H groups in total. The Kier molecular flexibility index (Phi) is 6.92. The number of hydrogen-bond donors (Lipinski definition) is 2. The van der Waals surface area contributed by atoms with Gasteiger partial charge in [0, 0.05) is 44.1 Å². The summed E-state index contributed by atoms with van der Waals surface area (Å²) >= 11 is 1.67. The third kappa shape index (κ3) is 5.47. The van der Waals surface area contributed by atoms with Gasteiger partial charge in [-0.25, -0.2) is 0 Å². The molecule has 114 valence electrons. The van der Waals surface area contributed by atoms with Crippen LogP contribution in [0.25, 0.3) is 0 Å². The molecule has 1 aromatic heterocycles. The Balaban J connectivity index is 1.57. The monoisotopic (exact) mass is 300 g/mol. The molecule has 0 amide bonds. The van der Waals surface area contributed by atoms with Crippen LogP contribution in [-0.2, 0) is 11.3 Å². The van der Waals surface area contributed by atoms with E-state index >= 15 is 0 Å². The first-order valence-corrected chi connectivity index (χ1v) is 7.99. The standard InChI is InChI=1S/C14H24N2O3S/c17-8-7-15-3-5-16(6-4-15)10-13(18)11-19-12-14-2-1-9-20-14/h1-2,9,13,17-18H,3-8,10-12H2/t13-/m0/s1. The normalized spacial score (nSPS) is 19.3. The maximum Gasteiger partial charge on any atom is 0.0900 e. The van der Waals surface area contributed by atoms with Gasteiger partial charge in [-0.15, -0.1) is 11.3 Å². The summed E-state index contributed by atoms with van der Waals surface area (Å²) in [6, 6.07) is 4.04. The van der Waals surface area contributed by atoms with Gasteiger partial charge < -0.3 is 14.9 Å². The summed E-state index contributed by atoms with van der Waals surface area (Å²) in [6.07, 6.45) is -0.431. The van der Waals surface area contributed by atoms with E-state index in [-0.39, 0.29) is 6.61 Å². The molecule has 0 aliphatic carbocycles. The van der Waals surface area contributed by atoms with E-state index in [1.807, 2.05) is 17.5 Å². The van der Waals surface area contributed by atoms with Crippen molar-refractivity contribution in [1.82, 2.24) is 9.80 Å². The van der Waals surface area contributed by atoms with Gasteiger partial charge in [0.1, 0.15) is 0 Å². The van der Waals surface area contributed by atoms with Crippen molar-refractivity contribution < 1.29 is 14.9 Å². The fourth-order valence-electron chi connectivity index (χ4n) is 2.38.